The second kappa shape index (κ2) is 9.60. The Hall–Kier alpha value is -3.74. The molecule has 164 valence electrons. The van der Waals surface area contributed by atoms with Crippen LogP contribution in [0.3, 0.4) is 0 Å². The molecule has 1 saturated heterocycles. The lowest BCUT2D eigenvalue weighted by molar-refractivity contribution is -0.120. The Morgan fingerprint density at radius 2 is 1.91 bits per heavy atom. The van der Waals surface area contributed by atoms with Gasteiger partial charge in [-0.3, -0.25) is 9.59 Å². The smallest absolute Gasteiger partial charge is 0.229 e. The first-order valence-corrected chi connectivity index (χ1v) is 10.7. The highest BCUT2D eigenvalue weighted by molar-refractivity contribution is 5.97. The van der Waals surface area contributed by atoms with Crippen molar-refractivity contribution in [2.45, 2.75) is 19.8 Å². The van der Waals surface area contributed by atoms with Crippen molar-refractivity contribution in [1.82, 2.24) is 10.2 Å². The van der Waals surface area contributed by atoms with Gasteiger partial charge in [-0.15, -0.1) is 10.2 Å². The Bertz CT molecular complexity index is 1110. The third-order valence-electron chi connectivity index (χ3n) is 5.69. The second-order valence-electron chi connectivity index (χ2n) is 7.89. The molecule has 1 aromatic heterocycles. The topological polar surface area (TPSA) is 84.4 Å². The first-order valence-electron chi connectivity index (χ1n) is 10.7. The molecule has 1 fully saturated rings. The summed E-state index contributed by atoms with van der Waals surface area (Å²) < 4.78 is 5.41. The molecule has 0 bridgehead atoms. The molecule has 2 heterocycles. The van der Waals surface area contributed by atoms with E-state index in [-0.39, 0.29) is 17.6 Å². The number of benzene rings is 2. The van der Waals surface area contributed by atoms with Crippen LogP contribution in [0.25, 0.3) is 11.3 Å². The van der Waals surface area contributed by atoms with Gasteiger partial charge in [0.2, 0.25) is 5.91 Å². The second-order valence-corrected chi connectivity index (χ2v) is 7.89. The standard InChI is InChI=1S/C25H26N4O3/c1-17(30)18-7-5-9-20(15-18)26-25(31)19-8-6-14-29(16-19)24-13-12-22(27-28-24)21-10-3-4-11-23(21)32-2/h3-5,7,9-13,15,19H,6,8,14,16H2,1-2H3,(H,26,31)/t19-/m0/s1. The number of hydrogen-bond acceptors (Lipinski definition) is 6. The van der Waals surface area contributed by atoms with Crippen molar-refractivity contribution in [1.29, 1.82) is 0 Å². The Kier molecular flexibility index (Phi) is 6.44. The molecule has 4 rings (SSSR count). The fourth-order valence-electron chi connectivity index (χ4n) is 3.95. The van der Waals surface area contributed by atoms with E-state index in [9.17, 15) is 9.59 Å². The maximum absolute atomic E-state index is 12.9. The van der Waals surface area contributed by atoms with Gasteiger partial charge in [0.25, 0.3) is 0 Å². The Labute approximate surface area is 187 Å². The summed E-state index contributed by atoms with van der Waals surface area (Å²) in [4.78, 5) is 26.6. The number of nitrogens with one attached hydrogen (secondary N) is 1. The zero-order chi connectivity index (χ0) is 22.5. The van der Waals surface area contributed by atoms with Crippen molar-refractivity contribution in [2.75, 3.05) is 30.4 Å². The molecule has 1 amide bonds. The molecular formula is C25H26N4O3. The van der Waals surface area contributed by atoms with Crippen LogP contribution in [0, 0.1) is 5.92 Å². The highest BCUT2D eigenvalue weighted by atomic mass is 16.5. The maximum Gasteiger partial charge on any atom is 0.229 e. The molecule has 0 aliphatic carbocycles. The molecule has 1 aliphatic rings. The molecular weight excluding hydrogens is 404 g/mol. The van der Waals surface area contributed by atoms with Gasteiger partial charge in [-0.25, -0.2) is 0 Å². The number of hydrogen-bond donors (Lipinski definition) is 1. The molecule has 2 aromatic carbocycles. The van der Waals surface area contributed by atoms with Crippen molar-refractivity contribution < 1.29 is 14.3 Å². The van der Waals surface area contributed by atoms with Crippen LogP contribution in [0.5, 0.6) is 5.75 Å². The minimum absolute atomic E-state index is 0.0277. The summed E-state index contributed by atoms with van der Waals surface area (Å²) in [7, 11) is 1.63. The lowest BCUT2D eigenvalue weighted by Crippen LogP contribution is -2.41. The average Bonchev–Trinajstić information content (AvgIpc) is 2.84. The van der Waals surface area contributed by atoms with Crippen molar-refractivity contribution in [3.05, 3.63) is 66.2 Å². The molecule has 0 saturated carbocycles. The minimum atomic E-state index is -0.166. The molecule has 1 N–H and O–H groups in total. The number of carbonyl (C=O) groups is 2. The van der Waals surface area contributed by atoms with Gasteiger partial charge in [-0.1, -0.05) is 24.3 Å². The average molecular weight is 431 g/mol. The number of ether oxygens (including phenoxy) is 1. The van der Waals surface area contributed by atoms with Crippen LogP contribution in [-0.4, -0.2) is 42.1 Å². The predicted molar refractivity (Wildman–Crippen MR) is 124 cm³/mol. The molecule has 7 nitrogen and oxygen atoms in total. The van der Waals surface area contributed by atoms with E-state index in [0.717, 1.165) is 42.2 Å². The Morgan fingerprint density at radius 3 is 2.66 bits per heavy atom. The number of Topliss-reactive ketones (excluding diaryl/α,β-unsaturated/α-hetero) is 1. The van der Waals surface area contributed by atoms with Crippen molar-refractivity contribution >= 4 is 23.2 Å². The predicted octanol–water partition coefficient (Wildman–Crippen LogP) is 4.21. The van der Waals surface area contributed by atoms with Crippen LogP contribution in [0.1, 0.15) is 30.1 Å². The van der Waals surface area contributed by atoms with E-state index < -0.39 is 0 Å². The first kappa shape index (κ1) is 21.5. The number of piperidine rings is 1. The number of nitrogens with zero attached hydrogens (tertiary/aromatic N) is 3. The van der Waals surface area contributed by atoms with E-state index in [2.05, 4.69) is 20.4 Å². The quantitative estimate of drug-likeness (QED) is 0.590. The lowest BCUT2D eigenvalue weighted by Gasteiger charge is -2.32. The molecule has 32 heavy (non-hydrogen) atoms. The summed E-state index contributed by atoms with van der Waals surface area (Å²) in [5.74, 6) is 1.26. The molecule has 0 radical (unpaired) electrons. The monoisotopic (exact) mass is 430 g/mol. The normalized spacial score (nSPS) is 15.8. The summed E-state index contributed by atoms with van der Waals surface area (Å²) in [6, 6.07) is 18.6. The number of methoxy groups -OCH3 is 1. The number of ketones is 1. The fraction of sp³-hybridized carbons (Fsp3) is 0.280. The van der Waals surface area contributed by atoms with E-state index in [1.807, 2.05) is 36.4 Å². The van der Waals surface area contributed by atoms with E-state index in [1.165, 1.54) is 6.92 Å². The van der Waals surface area contributed by atoms with Gasteiger partial charge < -0.3 is 15.0 Å². The highest BCUT2D eigenvalue weighted by Crippen LogP contribution is 2.29. The van der Waals surface area contributed by atoms with Crippen LogP contribution in [0.4, 0.5) is 11.5 Å². The third-order valence-corrected chi connectivity index (χ3v) is 5.69. The number of amides is 1. The van der Waals surface area contributed by atoms with Crippen molar-refractivity contribution in [3.63, 3.8) is 0 Å². The third kappa shape index (κ3) is 4.77. The summed E-state index contributed by atoms with van der Waals surface area (Å²) in [5.41, 5.74) is 2.85. The fourth-order valence-corrected chi connectivity index (χ4v) is 3.95. The van der Waals surface area contributed by atoms with Crippen molar-refractivity contribution in [2.24, 2.45) is 5.92 Å². The van der Waals surface area contributed by atoms with Crippen LogP contribution >= 0.6 is 0 Å². The molecule has 3 aromatic rings. The van der Waals surface area contributed by atoms with Gasteiger partial charge in [0, 0.05) is 29.9 Å². The molecule has 0 unspecified atom stereocenters. The number of anilines is 2. The summed E-state index contributed by atoms with van der Waals surface area (Å²) in [6.45, 7) is 2.91. The van der Waals surface area contributed by atoms with E-state index >= 15 is 0 Å². The van der Waals surface area contributed by atoms with Crippen LogP contribution in [0.2, 0.25) is 0 Å². The van der Waals surface area contributed by atoms with Crippen LogP contribution < -0.4 is 15.0 Å². The Balaban J connectivity index is 1.44. The van der Waals surface area contributed by atoms with Gasteiger partial charge in [-0.2, -0.15) is 0 Å². The molecule has 0 spiro atoms. The van der Waals surface area contributed by atoms with Gasteiger partial charge in [0.1, 0.15) is 5.75 Å². The van der Waals surface area contributed by atoms with Crippen LogP contribution in [-0.2, 0) is 4.79 Å². The molecule has 1 aliphatic heterocycles. The summed E-state index contributed by atoms with van der Waals surface area (Å²) in [5, 5.41) is 11.8. The largest absolute Gasteiger partial charge is 0.496 e. The SMILES string of the molecule is COc1ccccc1-c1ccc(N2CCC[C@H](C(=O)Nc3cccc(C(C)=O)c3)C2)nn1. The van der Waals surface area contributed by atoms with Gasteiger partial charge in [-0.05, 0) is 56.2 Å². The summed E-state index contributed by atoms with van der Waals surface area (Å²) in [6.07, 6.45) is 1.70. The molecule has 1 atom stereocenters. The number of carbonyl (C=O) groups excluding carboxylic acids is 2. The Morgan fingerprint density at radius 1 is 1.06 bits per heavy atom. The minimum Gasteiger partial charge on any atom is -0.496 e. The zero-order valence-corrected chi connectivity index (χ0v) is 18.2. The van der Waals surface area contributed by atoms with E-state index in [4.69, 9.17) is 4.74 Å². The first-order chi connectivity index (χ1) is 15.5. The van der Waals surface area contributed by atoms with E-state index in [1.54, 1.807) is 31.4 Å². The number of aromatic nitrogens is 2. The van der Waals surface area contributed by atoms with Crippen molar-refractivity contribution in [3.8, 4) is 17.0 Å². The number of rotatable bonds is 6. The van der Waals surface area contributed by atoms with Crippen LogP contribution in [0.15, 0.2) is 60.7 Å². The summed E-state index contributed by atoms with van der Waals surface area (Å²) >= 11 is 0. The van der Waals surface area contributed by atoms with E-state index in [0.29, 0.717) is 17.8 Å². The van der Waals surface area contributed by atoms with Gasteiger partial charge >= 0.3 is 0 Å². The lowest BCUT2D eigenvalue weighted by atomic mass is 9.97. The highest BCUT2D eigenvalue weighted by Gasteiger charge is 2.27. The van der Waals surface area contributed by atoms with Gasteiger partial charge in [0.15, 0.2) is 11.6 Å². The maximum atomic E-state index is 12.9. The van der Waals surface area contributed by atoms with Gasteiger partial charge in [0.05, 0.1) is 18.7 Å². The molecule has 7 heteroatoms. The zero-order valence-electron chi connectivity index (χ0n) is 18.2. The number of para-hydroxylation sites is 1.